The first-order chi connectivity index (χ1) is 10.5. The highest BCUT2D eigenvalue weighted by Crippen LogP contribution is 2.14. The van der Waals surface area contributed by atoms with Crippen molar-refractivity contribution in [2.45, 2.75) is 37.7 Å². The normalized spacial score (nSPS) is 19.8. The molecule has 1 aromatic carbocycles. The van der Waals surface area contributed by atoms with Gasteiger partial charge >= 0.3 is 5.97 Å². The van der Waals surface area contributed by atoms with Crippen LogP contribution in [0.25, 0.3) is 0 Å². The minimum absolute atomic E-state index is 0.0999. The van der Waals surface area contributed by atoms with E-state index in [-0.39, 0.29) is 18.5 Å². The van der Waals surface area contributed by atoms with Crippen LogP contribution in [0.1, 0.15) is 25.3 Å². The van der Waals surface area contributed by atoms with Crippen LogP contribution in [0.2, 0.25) is 0 Å². The van der Waals surface area contributed by atoms with Crippen LogP contribution in [0.3, 0.4) is 0 Å². The van der Waals surface area contributed by atoms with Gasteiger partial charge in [-0.2, -0.15) is 8.42 Å². The number of esters is 1. The van der Waals surface area contributed by atoms with Crippen molar-refractivity contribution in [1.82, 2.24) is 0 Å². The fraction of sp³-hybridized carbons (Fsp3) is 0.533. The van der Waals surface area contributed by atoms with Crippen molar-refractivity contribution in [2.24, 2.45) is 0 Å². The summed E-state index contributed by atoms with van der Waals surface area (Å²) in [6.45, 7) is 2.16. The van der Waals surface area contributed by atoms with Crippen LogP contribution < -0.4 is 0 Å². The number of carbonyl (C=O) groups is 1. The second kappa shape index (κ2) is 7.71. The minimum Gasteiger partial charge on any atom is -0.461 e. The van der Waals surface area contributed by atoms with E-state index in [1.165, 1.54) is 6.92 Å². The molecule has 1 saturated heterocycles. The summed E-state index contributed by atoms with van der Waals surface area (Å²) in [6, 6.07) is 8.64. The molecule has 0 N–H and O–H groups in total. The topological polar surface area (TPSA) is 78.9 Å². The number of carbonyl (C=O) groups excluding carboxylic acids is 1. The number of ether oxygens (including phenoxy) is 2. The van der Waals surface area contributed by atoms with E-state index in [0.717, 1.165) is 12.8 Å². The van der Waals surface area contributed by atoms with Crippen molar-refractivity contribution >= 4 is 16.1 Å². The van der Waals surface area contributed by atoms with Crippen molar-refractivity contribution in [1.29, 1.82) is 0 Å². The van der Waals surface area contributed by atoms with Crippen molar-refractivity contribution < 1.29 is 26.9 Å². The Morgan fingerprint density at radius 2 is 2.09 bits per heavy atom. The molecule has 0 radical (unpaired) electrons. The van der Waals surface area contributed by atoms with Gasteiger partial charge in [-0.15, -0.1) is 0 Å². The molecule has 22 heavy (non-hydrogen) atoms. The highest BCUT2D eigenvalue weighted by atomic mass is 32.2. The molecule has 6 nitrogen and oxygen atoms in total. The first-order valence-corrected chi connectivity index (χ1v) is 8.77. The summed E-state index contributed by atoms with van der Waals surface area (Å²) in [5.41, 5.74) is 0.599. The molecule has 1 unspecified atom stereocenters. The third-order valence-corrected chi connectivity index (χ3v) is 4.51. The molecule has 1 aromatic rings. The number of rotatable bonds is 7. The van der Waals surface area contributed by atoms with E-state index < -0.39 is 22.2 Å². The summed E-state index contributed by atoms with van der Waals surface area (Å²) < 4.78 is 39.1. The standard InChI is InChI=1S/C15H20O6S/c1-12(15(16)20-10-14-8-5-9-19-14)21-22(17,18)11-13-6-3-2-4-7-13/h2-4,6-7,12,14H,5,8-11H2,1H3/t12-,14?/m0/s1. The fourth-order valence-corrected chi connectivity index (χ4v) is 3.33. The summed E-state index contributed by atoms with van der Waals surface area (Å²) in [5.74, 6) is -0.982. The molecular formula is C15H20O6S. The fourth-order valence-electron chi connectivity index (χ4n) is 2.14. The van der Waals surface area contributed by atoms with Crippen LogP contribution in [-0.4, -0.2) is 39.8 Å². The predicted octanol–water partition coefficient (Wildman–Crippen LogP) is 1.64. The largest absolute Gasteiger partial charge is 0.461 e. The van der Waals surface area contributed by atoms with Crippen LogP contribution in [-0.2, 0) is 34.3 Å². The van der Waals surface area contributed by atoms with Crippen LogP contribution in [0.15, 0.2) is 30.3 Å². The molecule has 0 aliphatic carbocycles. The van der Waals surface area contributed by atoms with Gasteiger partial charge in [0.25, 0.3) is 10.1 Å². The Labute approximate surface area is 130 Å². The van der Waals surface area contributed by atoms with Gasteiger partial charge in [-0.3, -0.25) is 4.18 Å². The molecule has 0 saturated carbocycles. The highest BCUT2D eigenvalue weighted by Gasteiger charge is 2.25. The lowest BCUT2D eigenvalue weighted by molar-refractivity contribution is -0.154. The summed E-state index contributed by atoms with van der Waals surface area (Å²) in [6.07, 6.45) is 0.515. The summed E-state index contributed by atoms with van der Waals surface area (Å²) in [5, 5.41) is 0. The Kier molecular flexibility index (Phi) is 5.93. The van der Waals surface area contributed by atoms with Gasteiger partial charge in [-0.05, 0) is 25.3 Å². The Morgan fingerprint density at radius 1 is 1.36 bits per heavy atom. The van der Waals surface area contributed by atoms with Crippen molar-refractivity contribution in [3.63, 3.8) is 0 Å². The molecule has 0 bridgehead atoms. The second-order valence-electron chi connectivity index (χ2n) is 5.19. The van der Waals surface area contributed by atoms with Gasteiger partial charge in [-0.1, -0.05) is 30.3 Å². The van der Waals surface area contributed by atoms with Gasteiger partial charge in [-0.25, -0.2) is 4.79 Å². The highest BCUT2D eigenvalue weighted by molar-refractivity contribution is 7.85. The van der Waals surface area contributed by atoms with E-state index in [1.54, 1.807) is 30.3 Å². The van der Waals surface area contributed by atoms with Crippen LogP contribution in [0.5, 0.6) is 0 Å². The zero-order valence-electron chi connectivity index (χ0n) is 12.4. The van der Waals surface area contributed by atoms with E-state index in [4.69, 9.17) is 13.7 Å². The van der Waals surface area contributed by atoms with Crippen LogP contribution in [0.4, 0.5) is 0 Å². The van der Waals surface area contributed by atoms with Gasteiger partial charge in [0, 0.05) is 6.61 Å². The summed E-state index contributed by atoms with van der Waals surface area (Å²) in [7, 11) is -3.85. The van der Waals surface area contributed by atoms with E-state index in [9.17, 15) is 13.2 Å². The number of hydrogen-bond donors (Lipinski definition) is 0. The van der Waals surface area contributed by atoms with Crippen molar-refractivity contribution in [3.05, 3.63) is 35.9 Å². The molecule has 1 aliphatic heterocycles. The minimum atomic E-state index is -3.85. The lowest BCUT2D eigenvalue weighted by Crippen LogP contribution is -2.29. The zero-order chi connectivity index (χ0) is 16.0. The lowest BCUT2D eigenvalue weighted by Gasteiger charge is -2.14. The molecule has 0 spiro atoms. The van der Waals surface area contributed by atoms with E-state index >= 15 is 0 Å². The third kappa shape index (κ3) is 5.40. The Hall–Kier alpha value is -1.44. The maximum atomic E-state index is 11.9. The molecule has 0 aromatic heterocycles. The molecule has 1 heterocycles. The average molecular weight is 328 g/mol. The third-order valence-electron chi connectivity index (χ3n) is 3.24. The molecule has 2 rings (SSSR count). The van der Waals surface area contributed by atoms with Crippen LogP contribution in [0, 0.1) is 0 Å². The van der Waals surface area contributed by atoms with E-state index in [0.29, 0.717) is 12.2 Å². The van der Waals surface area contributed by atoms with Gasteiger partial charge < -0.3 is 9.47 Å². The number of hydrogen-bond acceptors (Lipinski definition) is 6. The lowest BCUT2D eigenvalue weighted by atomic mass is 10.2. The summed E-state index contributed by atoms with van der Waals surface area (Å²) in [4.78, 5) is 11.8. The first-order valence-electron chi connectivity index (χ1n) is 7.19. The van der Waals surface area contributed by atoms with Crippen molar-refractivity contribution in [3.8, 4) is 0 Å². The van der Waals surface area contributed by atoms with Gasteiger partial charge in [0.2, 0.25) is 0 Å². The van der Waals surface area contributed by atoms with E-state index in [2.05, 4.69) is 0 Å². The van der Waals surface area contributed by atoms with Crippen LogP contribution >= 0.6 is 0 Å². The molecule has 0 amide bonds. The maximum Gasteiger partial charge on any atom is 0.336 e. The molecule has 2 atom stereocenters. The SMILES string of the molecule is C[C@H](OS(=O)(=O)Cc1ccccc1)C(=O)OCC1CCCO1. The number of benzene rings is 1. The van der Waals surface area contributed by atoms with Gasteiger partial charge in [0.1, 0.15) is 12.4 Å². The van der Waals surface area contributed by atoms with Gasteiger partial charge in [0.15, 0.2) is 6.10 Å². The Bertz CT molecular complexity index is 577. The van der Waals surface area contributed by atoms with E-state index in [1.807, 2.05) is 0 Å². The van der Waals surface area contributed by atoms with Crippen molar-refractivity contribution in [2.75, 3.05) is 13.2 Å². The molecule has 7 heteroatoms. The monoisotopic (exact) mass is 328 g/mol. The molecule has 1 fully saturated rings. The average Bonchev–Trinajstić information content (AvgIpc) is 2.98. The molecular weight excluding hydrogens is 308 g/mol. The molecule has 122 valence electrons. The van der Waals surface area contributed by atoms with Gasteiger partial charge in [0.05, 0.1) is 6.10 Å². The zero-order valence-corrected chi connectivity index (χ0v) is 13.3. The predicted molar refractivity (Wildman–Crippen MR) is 79.5 cm³/mol. The maximum absolute atomic E-state index is 11.9. The first kappa shape index (κ1) is 16.9. The summed E-state index contributed by atoms with van der Waals surface area (Å²) >= 11 is 0. The second-order valence-corrected chi connectivity index (χ2v) is 6.79. The smallest absolute Gasteiger partial charge is 0.336 e. The quantitative estimate of drug-likeness (QED) is 0.559. The Morgan fingerprint density at radius 3 is 2.73 bits per heavy atom. The molecule has 1 aliphatic rings. The Balaban J connectivity index is 1.81.